The van der Waals surface area contributed by atoms with Gasteiger partial charge in [-0.05, 0) is 19.3 Å². The number of phosphoric acid groups is 1. The number of carbonyl (C=O) groups is 1. The fourth-order valence-electron chi connectivity index (χ4n) is 4.93. The number of carbonyl (C=O) groups excluding carboxylic acids is 1. The Bertz CT molecular complexity index is 639. The molecule has 0 saturated carbocycles. The van der Waals surface area contributed by atoms with Crippen LogP contribution in [0.1, 0.15) is 168 Å². The van der Waals surface area contributed by atoms with Crippen molar-refractivity contribution in [3.05, 3.63) is 12.2 Å². The van der Waals surface area contributed by atoms with Gasteiger partial charge in [-0.25, -0.2) is 4.57 Å². The van der Waals surface area contributed by atoms with Crippen molar-refractivity contribution >= 4 is 13.7 Å². The molecule has 0 aliphatic heterocycles. The molecule has 0 aromatic heterocycles. The summed E-state index contributed by atoms with van der Waals surface area (Å²) in [4.78, 5) is 30.5. The molecule has 0 fully saturated rings. The topological polar surface area (TPSA) is 116 Å². The summed E-state index contributed by atoms with van der Waals surface area (Å²) in [6.07, 6.45) is 30.9. The quantitative estimate of drug-likeness (QED) is 0.0378. The van der Waals surface area contributed by atoms with Gasteiger partial charge in [0.05, 0.1) is 18.8 Å². The summed E-state index contributed by atoms with van der Waals surface area (Å²) in [7, 11) is -4.70. The van der Waals surface area contributed by atoms with Gasteiger partial charge >= 0.3 is 7.82 Å². The van der Waals surface area contributed by atoms with E-state index in [0.29, 0.717) is 6.42 Å². The van der Waals surface area contributed by atoms with Crippen molar-refractivity contribution in [1.29, 1.82) is 0 Å². The third-order valence-electron chi connectivity index (χ3n) is 7.50. The largest absolute Gasteiger partial charge is 0.469 e. The number of hydrogen-bond acceptors (Lipinski definition) is 4. The Kier molecular flexibility index (Phi) is 27.9. The van der Waals surface area contributed by atoms with E-state index in [1.54, 1.807) is 6.08 Å². The lowest BCUT2D eigenvalue weighted by Crippen LogP contribution is -2.45. The van der Waals surface area contributed by atoms with Crippen LogP contribution in [0.3, 0.4) is 0 Å². The highest BCUT2D eigenvalue weighted by Crippen LogP contribution is 2.35. The molecule has 8 heteroatoms. The molecule has 7 nitrogen and oxygen atoms in total. The first-order chi connectivity index (χ1) is 19.3. The minimum atomic E-state index is -4.70. The van der Waals surface area contributed by atoms with Gasteiger partial charge in [0, 0.05) is 6.42 Å². The lowest BCUT2D eigenvalue weighted by atomic mass is 10.0. The van der Waals surface area contributed by atoms with E-state index in [1.165, 1.54) is 109 Å². The highest BCUT2D eigenvalue weighted by atomic mass is 31.2. The van der Waals surface area contributed by atoms with Gasteiger partial charge in [-0.3, -0.25) is 9.32 Å². The number of rotatable bonds is 30. The molecule has 0 aliphatic carbocycles. The van der Waals surface area contributed by atoms with Crippen LogP contribution in [-0.2, 0) is 13.9 Å². The van der Waals surface area contributed by atoms with Crippen molar-refractivity contribution in [2.24, 2.45) is 0 Å². The molecule has 0 spiro atoms. The second-order valence-electron chi connectivity index (χ2n) is 11.5. The number of unbranched alkanes of at least 4 members (excludes halogenated alkanes) is 21. The van der Waals surface area contributed by atoms with Crippen LogP contribution < -0.4 is 5.32 Å². The molecule has 0 unspecified atom stereocenters. The molecule has 0 heterocycles. The predicted octanol–water partition coefficient (Wildman–Crippen LogP) is 8.90. The second-order valence-corrected chi connectivity index (χ2v) is 12.7. The Morgan fingerprint density at radius 2 is 1.10 bits per heavy atom. The summed E-state index contributed by atoms with van der Waals surface area (Å²) in [5.41, 5.74) is 0. The number of nitrogens with one attached hydrogen (secondary N) is 1. The molecule has 0 rings (SSSR count). The number of allylic oxidation sites excluding steroid dienone is 1. The van der Waals surface area contributed by atoms with E-state index in [1.807, 2.05) is 6.08 Å². The molecule has 1 amide bonds. The van der Waals surface area contributed by atoms with E-state index in [9.17, 15) is 14.5 Å². The van der Waals surface area contributed by atoms with E-state index in [2.05, 4.69) is 23.7 Å². The summed E-state index contributed by atoms with van der Waals surface area (Å²) in [6, 6.07) is -0.901. The van der Waals surface area contributed by atoms with Gasteiger partial charge in [-0.2, -0.15) is 0 Å². The third kappa shape index (κ3) is 28.8. The standard InChI is InChI=1S/C32H64NO6P/c1-3-5-7-9-11-13-14-15-16-17-18-19-20-21-23-25-27-31(34)30(29-39-40(36,37)38)33-32(35)28-26-24-22-12-10-8-6-4-2/h25,27,30-31,34H,3-24,26,28-29H2,1-2H3,(H,33,35)(H2,36,37,38)/b27-25+/t30-,31+/m0/s1. The van der Waals surface area contributed by atoms with Gasteiger partial charge in [0.2, 0.25) is 5.91 Å². The van der Waals surface area contributed by atoms with Crippen molar-refractivity contribution in [2.75, 3.05) is 6.61 Å². The lowest BCUT2D eigenvalue weighted by molar-refractivity contribution is -0.123. The molecule has 0 radical (unpaired) electrons. The van der Waals surface area contributed by atoms with Gasteiger partial charge in [0.25, 0.3) is 0 Å². The fourth-order valence-corrected chi connectivity index (χ4v) is 5.28. The van der Waals surface area contributed by atoms with Crippen LogP contribution in [0.15, 0.2) is 12.2 Å². The first kappa shape index (κ1) is 39.3. The lowest BCUT2D eigenvalue weighted by Gasteiger charge is -2.22. The summed E-state index contributed by atoms with van der Waals surface area (Å²) in [5, 5.41) is 13.3. The van der Waals surface area contributed by atoms with Gasteiger partial charge in [-0.15, -0.1) is 0 Å². The number of aliphatic hydroxyl groups is 1. The highest BCUT2D eigenvalue weighted by Gasteiger charge is 2.24. The molecule has 0 aromatic carbocycles. The second kappa shape index (κ2) is 28.4. The monoisotopic (exact) mass is 589 g/mol. The van der Waals surface area contributed by atoms with Crippen LogP contribution in [0.25, 0.3) is 0 Å². The van der Waals surface area contributed by atoms with E-state index in [-0.39, 0.29) is 5.91 Å². The minimum Gasteiger partial charge on any atom is -0.387 e. The fraction of sp³-hybridized carbons (Fsp3) is 0.906. The maximum atomic E-state index is 12.4. The summed E-state index contributed by atoms with van der Waals surface area (Å²) in [5.74, 6) is -0.232. The van der Waals surface area contributed by atoms with Gasteiger partial charge < -0.3 is 20.2 Å². The number of amides is 1. The third-order valence-corrected chi connectivity index (χ3v) is 7.98. The van der Waals surface area contributed by atoms with Crippen LogP contribution in [0.5, 0.6) is 0 Å². The van der Waals surface area contributed by atoms with Crippen LogP contribution >= 0.6 is 7.82 Å². The first-order valence-electron chi connectivity index (χ1n) is 16.6. The normalized spacial score (nSPS) is 13.6. The minimum absolute atomic E-state index is 0.232. The summed E-state index contributed by atoms with van der Waals surface area (Å²) in [6.45, 7) is 4.01. The van der Waals surface area contributed by atoms with Crippen molar-refractivity contribution in [1.82, 2.24) is 5.32 Å². The zero-order chi connectivity index (χ0) is 29.7. The Labute approximate surface area is 246 Å². The van der Waals surface area contributed by atoms with Gasteiger partial charge in [0.15, 0.2) is 0 Å². The molecule has 40 heavy (non-hydrogen) atoms. The van der Waals surface area contributed by atoms with E-state index < -0.39 is 26.6 Å². The van der Waals surface area contributed by atoms with Gasteiger partial charge in [0.1, 0.15) is 0 Å². The van der Waals surface area contributed by atoms with Crippen molar-refractivity contribution in [3.63, 3.8) is 0 Å². The summed E-state index contributed by atoms with van der Waals surface area (Å²) < 4.78 is 15.8. The molecule has 0 saturated heterocycles. The van der Waals surface area contributed by atoms with Gasteiger partial charge in [-0.1, -0.05) is 154 Å². The SMILES string of the molecule is CCCCCCCCCCCCCCCC/C=C/[C@@H](O)[C@H](COP(=O)(O)O)NC(=O)CCCCCCCCCC. The Balaban J connectivity index is 4.05. The summed E-state index contributed by atoms with van der Waals surface area (Å²) >= 11 is 0. The van der Waals surface area contributed by atoms with E-state index in [4.69, 9.17) is 9.79 Å². The molecular weight excluding hydrogens is 525 g/mol. The van der Waals surface area contributed by atoms with E-state index in [0.717, 1.165) is 38.5 Å². The predicted molar refractivity (Wildman–Crippen MR) is 167 cm³/mol. The first-order valence-corrected chi connectivity index (χ1v) is 18.2. The molecule has 0 aliphatic rings. The molecule has 0 bridgehead atoms. The molecule has 2 atom stereocenters. The highest BCUT2D eigenvalue weighted by molar-refractivity contribution is 7.46. The number of phosphoric ester groups is 1. The van der Waals surface area contributed by atoms with Crippen molar-refractivity contribution < 1.29 is 28.8 Å². The molecule has 0 aromatic rings. The zero-order valence-corrected chi connectivity index (χ0v) is 26.9. The van der Waals surface area contributed by atoms with Crippen molar-refractivity contribution in [2.45, 2.75) is 180 Å². The van der Waals surface area contributed by atoms with E-state index >= 15 is 0 Å². The average Bonchev–Trinajstić information content (AvgIpc) is 2.91. The molecule has 238 valence electrons. The van der Waals surface area contributed by atoms with Crippen LogP contribution in [0, 0.1) is 0 Å². The number of hydrogen-bond donors (Lipinski definition) is 4. The van der Waals surface area contributed by atoms with Crippen LogP contribution in [-0.4, -0.2) is 39.6 Å². The Morgan fingerprint density at radius 3 is 1.52 bits per heavy atom. The van der Waals surface area contributed by atoms with Crippen LogP contribution in [0.2, 0.25) is 0 Å². The zero-order valence-electron chi connectivity index (χ0n) is 26.0. The van der Waals surface area contributed by atoms with Crippen LogP contribution in [0.4, 0.5) is 0 Å². The number of aliphatic hydroxyl groups excluding tert-OH is 1. The Hall–Kier alpha value is -0.720. The molecule has 4 N–H and O–H groups in total. The molecular formula is C32H64NO6P. The smallest absolute Gasteiger partial charge is 0.387 e. The van der Waals surface area contributed by atoms with Crippen molar-refractivity contribution in [3.8, 4) is 0 Å². The maximum absolute atomic E-state index is 12.4. The average molecular weight is 590 g/mol. The maximum Gasteiger partial charge on any atom is 0.469 e. The Morgan fingerprint density at radius 1 is 0.700 bits per heavy atom.